The van der Waals surface area contributed by atoms with E-state index in [0.29, 0.717) is 11.3 Å². The lowest BCUT2D eigenvalue weighted by Gasteiger charge is -2.02. The summed E-state index contributed by atoms with van der Waals surface area (Å²) >= 11 is 3.26. The van der Waals surface area contributed by atoms with Gasteiger partial charge in [0.1, 0.15) is 5.75 Å². The van der Waals surface area contributed by atoms with Crippen molar-refractivity contribution in [3.63, 3.8) is 0 Å². The summed E-state index contributed by atoms with van der Waals surface area (Å²) in [5.41, 5.74) is 0.546. The monoisotopic (exact) mass is 254 g/mol. The molecule has 72 valence electrons. The molecule has 1 N–H and O–H groups in total. The number of halogens is 1. The quantitative estimate of drug-likeness (QED) is 0.779. The van der Waals surface area contributed by atoms with Crippen molar-refractivity contribution in [2.24, 2.45) is 0 Å². The number of rotatable bonds is 1. The highest BCUT2D eigenvalue weighted by Gasteiger charge is 2.00. The lowest BCUT2D eigenvalue weighted by molar-refractivity contribution is -0.130. The number of carboxylic acid groups (broad SMARTS) is 1. The number of aliphatic carboxylic acids is 1. The minimum absolute atomic E-state index is 0.546. The van der Waals surface area contributed by atoms with Crippen LogP contribution in [0.25, 0.3) is 0 Å². The number of hydrogen-bond acceptors (Lipinski definition) is 2. The van der Waals surface area contributed by atoms with Crippen molar-refractivity contribution in [1.82, 2.24) is 0 Å². The molecule has 0 fully saturated rings. The van der Waals surface area contributed by atoms with Gasteiger partial charge in [-0.2, -0.15) is 0 Å². The van der Waals surface area contributed by atoms with E-state index in [-0.39, 0.29) is 0 Å². The molecular formula is C10H7BrO3. The number of ether oxygens (including phenoxy) is 1. The van der Waals surface area contributed by atoms with Gasteiger partial charge in [0.15, 0.2) is 0 Å². The van der Waals surface area contributed by atoms with Gasteiger partial charge in [-0.25, -0.2) is 4.79 Å². The fourth-order valence-electron chi connectivity index (χ4n) is 0.899. The summed E-state index contributed by atoms with van der Waals surface area (Å²) in [6, 6.07) is 5.22. The Bertz CT molecular complexity index is 415. The molecule has 0 aliphatic rings. The minimum atomic E-state index is -1.16. The fraction of sp³-hybridized carbons (Fsp3) is 0.100. The zero-order valence-electron chi connectivity index (χ0n) is 7.37. The molecule has 4 heteroatoms. The van der Waals surface area contributed by atoms with Gasteiger partial charge < -0.3 is 9.84 Å². The lowest BCUT2D eigenvalue weighted by Crippen LogP contribution is -1.90. The van der Waals surface area contributed by atoms with Gasteiger partial charge in [-0.1, -0.05) is 21.9 Å². The number of carbonyl (C=O) groups is 1. The van der Waals surface area contributed by atoms with Crippen LogP contribution in [-0.2, 0) is 4.79 Å². The molecule has 0 spiro atoms. The molecule has 1 aromatic carbocycles. The maximum atomic E-state index is 10.2. The molecule has 1 aromatic rings. The summed E-state index contributed by atoms with van der Waals surface area (Å²) in [5.74, 6) is 3.93. The molecule has 0 aliphatic carbocycles. The number of benzene rings is 1. The Kier molecular flexibility index (Phi) is 3.55. The Balaban J connectivity index is 3.13. The SMILES string of the molecule is COc1ccc(Br)cc1C#CC(=O)O. The predicted octanol–water partition coefficient (Wildman–Crippen LogP) is 1.89. The lowest BCUT2D eigenvalue weighted by atomic mass is 10.2. The van der Waals surface area contributed by atoms with Crippen molar-refractivity contribution in [2.75, 3.05) is 7.11 Å². The summed E-state index contributed by atoms with van der Waals surface area (Å²) in [6.07, 6.45) is 0. The summed E-state index contributed by atoms with van der Waals surface area (Å²) < 4.78 is 5.84. The summed E-state index contributed by atoms with van der Waals surface area (Å²) in [6.45, 7) is 0. The van der Waals surface area contributed by atoms with Crippen molar-refractivity contribution >= 4 is 21.9 Å². The second kappa shape index (κ2) is 4.68. The first-order valence-electron chi connectivity index (χ1n) is 3.72. The van der Waals surface area contributed by atoms with Crippen molar-refractivity contribution < 1.29 is 14.6 Å². The maximum absolute atomic E-state index is 10.2. The van der Waals surface area contributed by atoms with Crippen molar-refractivity contribution in [1.29, 1.82) is 0 Å². The van der Waals surface area contributed by atoms with E-state index >= 15 is 0 Å². The van der Waals surface area contributed by atoms with Gasteiger partial charge in [0.25, 0.3) is 0 Å². The molecule has 0 saturated heterocycles. The normalized spacial score (nSPS) is 8.71. The van der Waals surface area contributed by atoms with E-state index in [1.807, 2.05) is 5.92 Å². The molecule has 0 aliphatic heterocycles. The molecule has 0 amide bonds. The van der Waals surface area contributed by atoms with Gasteiger partial charge in [-0.3, -0.25) is 0 Å². The minimum Gasteiger partial charge on any atom is -0.495 e. The van der Waals surface area contributed by atoms with Crippen LogP contribution >= 0.6 is 15.9 Å². The van der Waals surface area contributed by atoms with Gasteiger partial charge >= 0.3 is 5.97 Å². The van der Waals surface area contributed by atoms with E-state index in [1.54, 1.807) is 18.2 Å². The third kappa shape index (κ3) is 2.79. The Hall–Kier alpha value is -1.47. The Morgan fingerprint density at radius 2 is 2.29 bits per heavy atom. The van der Waals surface area contributed by atoms with Gasteiger partial charge in [-0.15, -0.1) is 0 Å². The van der Waals surface area contributed by atoms with E-state index in [4.69, 9.17) is 9.84 Å². The zero-order valence-corrected chi connectivity index (χ0v) is 8.96. The molecule has 3 nitrogen and oxygen atoms in total. The van der Waals surface area contributed by atoms with Crippen LogP contribution in [0.1, 0.15) is 5.56 Å². The third-order valence-electron chi connectivity index (χ3n) is 1.47. The van der Waals surface area contributed by atoms with E-state index in [2.05, 4.69) is 21.9 Å². The van der Waals surface area contributed by atoms with E-state index in [0.717, 1.165) is 4.47 Å². The van der Waals surface area contributed by atoms with Crippen LogP contribution in [0.4, 0.5) is 0 Å². The van der Waals surface area contributed by atoms with Crippen LogP contribution in [0.5, 0.6) is 5.75 Å². The van der Waals surface area contributed by atoms with E-state index < -0.39 is 5.97 Å². The molecular weight excluding hydrogens is 248 g/mol. The maximum Gasteiger partial charge on any atom is 0.382 e. The topological polar surface area (TPSA) is 46.5 Å². The predicted molar refractivity (Wildman–Crippen MR) is 55.2 cm³/mol. The molecule has 0 bridgehead atoms. The standard InChI is InChI=1S/C10H7BrO3/c1-14-9-4-3-8(11)6-7(9)2-5-10(12)13/h3-4,6H,1H3,(H,12,13). The third-order valence-corrected chi connectivity index (χ3v) is 1.96. The van der Waals surface area contributed by atoms with Gasteiger partial charge in [0.05, 0.1) is 12.7 Å². The van der Waals surface area contributed by atoms with Gasteiger partial charge in [0.2, 0.25) is 0 Å². The molecule has 14 heavy (non-hydrogen) atoms. The largest absolute Gasteiger partial charge is 0.495 e. The molecule has 0 saturated carbocycles. The highest BCUT2D eigenvalue weighted by molar-refractivity contribution is 9.10. The van der Waals surface area contributed by atoms with Crippen LogP contribution in [0.3, 0.4) is 0 Å². The van der Waals surface area contributed by atoms with Gasteiger partial charge in [-0.05, 0) is 18.2 Å². The summed E-state index contributed by atoms with van der Waals surface area (Å²) in [5, 5.41) is 8.38. The second-order valence-corrected chi connectivity index (χ2v) is 3.32. The van der Waals surface area contributed by atoms with Crippen LogP contribution in [-0.4, -0.2) is 18.2 Å². The Morgan fingerprint density at radius 1 is 1.57 bits per heavy atom. The summed E-state index contributed by atoms with van der Waals surface area (Å²) in [4.78, 5) is 10.2. The molecule has 0 heterocycles. The van der Waals surface area contributed by atoms with Crippen LogP contribution in [0, 0.1) is 11.8 Å². The van der Waals surface area contributed by atoms with E-state index in [1.165, 1.54) is 7.11 Å². The van der Waals surface area contributed by atoms with Crippen LogP contribution in [0.15, 0.2) is 22.7 Å². The highest BCUT2D eigenvalue weighted by Crippen LogP contribution is 2.21. The average molecular weight is 255 g/mol. The molecule has 1 rings (SSSR count). The van der Waals surface area contributed by atoms with E-state index in [9.17, 15) is 4.79 Å². The van der Waals surface area contributed by atoms with Crippen LogP contribution in [0.2, 0.25) is 0 Å². The van der Waals surface area contributed by atoms with Crippen molar-refractivity contribution in [2.45, 2.75) is 0 Å². The molecule has 0 atom stereocenters. The van der Waals surface area contributed by atoms with Crippen molar-refractivity contribution in [3.05, 3.63) is 28.2 Å². The Morgan fingerprint density at radius 3 is 2.86 bits per heavy atom. The summed E-state index contributed by atoms with van der Waals surface area (Å²) in [7, 11) is 1.51. The number of hydrogen-bond donors (Lipinski definition) is 1. The Labute approximate surface area is 89.8 Å². The smallest absolute Gasteiger partial charge is 0.382 e. The van der Waals surface area contributed by atoms with Crippen molar-refractivity contribution in [3.8, 4) is 17.6 Å². The number of methoxy groups -OCH3 is 1. The second-order valence-electron chi connectivity index (χ2n) is 2.40. The highest BCUT2D eigenvalue weighted by atomic mass is 79.9. The molecule has 0 aromatic heterocycles. The molecule has 0 radical (unpaired) electrons. The average Bonchev–Trinajstić information content (AvgIpc) is 2.15. The molecule has 0 unspecified atom stereocenters. The first-order chi connectivity index (χ1) is 6.63. The van der Waals surface area contributed by atoms with Gasteiger partial charge in [0, 0.05) is 10.4 Å². The first kappa shape index (κ1) is 10.6. The number of carboxylic acids is 1. The zero-order chi connectivity index (χ0) is 10.6. The first-order valence-corrected chi connectivity index (χ1v) is 4.51. The fourth-order valence-corrected chi connectivity index (χ4v) is 1.26. The van der Waals surface area contributed by atoms with Crippen LogP contribution < -0.4 is 4.74 Å².